The van der Waals surface area contributed by atoms with Crippen LogP contribution in [0.1, 0.15) is 64.5 Å². The summed E-state index contributed by atoms with van der Waals surface area (Å²) in [7, 11) is -3.11. The van der Waals surface area contributed by atoms with Crippen molar-refractivity contribution in [1.82, 2.24) is 15.1 Å². The van der Waals surface area contributed by atoms with Gasteiger partial charge in [-0.2, -0.15) is 0 Å². The Kier molecular flexibility index (Phi) is 12.9. The van der Waals surface area contributed by atoms with E-state index in [1.807, 2.05) is 20.8 Å². The van der Waals surface area contributed by atoms with Gasteiger partial charge in [0.25, 0.3) is 10.0 Å². The number of ether oxygens (including phenoxy) is 1. The molecule has 0 aliphatic rings. The number of sulfonamides is 1. The number of hydrogen-bond acceptors (Lipinski definition) is 6. The summed E-state index contributed by atoms with van der Waals surface area (Å²) in [6, 6.07) is 12.1. The standard InChI is InChI=1S/C29H42ClN3O6S/c1-6-8-14-24-18-25(15-16-26(24)39-5)40(37,38)33(36)29(22(4)31-28(35)20-30,19-23-12-10-9-11-13-23)32-27(34)17-21(3)7-2/h9-13,15-16,18,21-22,36H,6-8,14,17,19-20H2,1-5H3,(H,31,35)(H,32,34)/t21-,22+,29-/m0/s1. The van der Waals surface area contributed by atoms with Crippen molar-refractivity contribution in [3.8, 4) is 5.75 Å². The Bertz CT molecular complexity index is 1230. The highest BCUT2D eigenvalue weighted by Gasteiger charge is 2.50. The molecule has 3 atom stereocenters. The molecule has 0 fully saturated rings. The fraction of sp³-hybridized carbons (Fsp3) is 0.517. The zero-order chi connectivity index (χ0) is 29.9. The number of unbranched alkanes of at least 4 members (excludes halogenated alkanes) is 1. The molecule has 0 aliphatic carbocycles. The molecular weight excluding hydrogens is 554 g/mol. The zero-order valence-corrected chi connectivity index (χ0v) is 25.5. The van der Waals surface area contributed by atoms with Crippen molar-refractivity contribution in [3.63, 3.8) is 0 Å². The molecule has 40 heavy (non-hydrogen) atoms. The van der Waals surface area contributed by atoms with Gasteiger partial charge in [0, 0.05) is 12.8 Å². The van der Waals surface area contributed by atoms with Gasteiger partial charge in [0.15, 0.2) is 5.66 Å². The minimum Gasteiger partial charge on any atom is -0.496 e. The van der Waals surface area contributed by atoms with E-state index in [0.717, 1.165) is 19.3 Å². The van der Waals surface area contributed by atoms with Gasteiger partial charge in [-0.05, 0) is 55.0 Å². The molecule has 0 aliphatic heterocycles. The Labute approximate surface area is 243 Å². The number of amides is 2. The lowest BCUT2D eigenvalue weighted by molar-refractivity contribution is -0.147. The van der Waals surface area contributed by atoms with Crippen LogP contribution in [-0.4, -0.2) is 54.6 Å². The van der Waals surface area contributed by atoms with Crippen molar-refractivity contribution in [3.05, 3.63) is 59.7 Å². The number of hydroxylamine groups is 1. The topological polar surface area (TPSA) is 125 Å². The van der Waals surface area contributed by atoms with Crippen LogP contribution in [0.25, 0.3) is 0 Å². The maximum Gasteiger partial charge on any atom is 0.267 e. The molecule has 0 saturated heterocycles. The number of rotatable bonds is 16. The first-order valence-corrected chi connectivity index (χ1v) is 15.5. The summed E-state index contributed by atoms with van der Waals surface area (Å²) in [6.07, 6.45) is 2.97. The minimum absolute atomic E-state index is 0.00799. The normalized spacial score (nSPS) is 14.7. The number of benzene rings is 2. The predicted octanol–water partition coefficient (Wildman–Crippen LogP) is 4.65. The maximum atomic E-state index is 14.1. The number of nitrogens with one attached hydrogen (secondary N) is 2. The Hall–Kier alpha value is -2.66. The summed E-state index contributed by atoms with van der Waals surface area (Å²) in [5.74, 6) is -0.889. The molecule has 0 saturated carbocycles. The lowest BCUT2D eigenvalue weighted by Gasteiger charge is -2.44. The van der Waals surface area contributed by atoms with Crippen LogP contribution in [0.15, 0.2) is 53.4 Å². The van der Waals surface area contributed by atoms with Crippen molar-refractivity contribution < 1.29 is 28.0 Å². The van der Waals surface area contributed by atoms with E-state index in [1.54, 1.807) is 36.4 Å². The van der Waals surface area contributed by atoms with Gasteiger partial charge in [-0.15, -0.1) is 11.6 Å². The van der Waals surface area contributed by atoms with Gasteiger partial charge in [-0.3, -0.25) is 14.8 Å². The van der Waals surface area contributed by atoms with Gasteiger partial charge in [-0.1, -0.05) is 68.4 Å². The predicted molar refractivity (Wildman–Crippen MR) is 156 cm³/mol. The van der Waals surface area contributed by atoms with Crippen LogP contribution in [0.5, 0.6) is 5.75 Å². The molecule has 2 rings (SSSR count). The fourth-order valence-corrected chi connectivity index (χ4v) is 5.94. The van der Waals surface area contributed by atoms with Crippen LogP contribution >= 0.6 is 11.6 Å². The van der Waals surface area contributed by atoms with Gasteiger partial charge in [0.2, 0.25) is 11.8 Å². The second-order valence-electron chi connectivity index (χ2n) is 10.1. The number of methoxy groups -OCH3 is 1. The molecule has 0 heterocycles. The van der Waals surface area contributed by atoms with Crippen LogP contribution in [-0.2, 0) is 32.5 Å². The molecule has 3 N–H and O–H groups in total. The molecule has 0 unspecified atom stereocenters. The highest BCUT2D eigenvalue weighted by Crippen LogP contribution is 2.31. The number of aryl methyl sites for hydroxylation is 1. The van der Waals surface area contributed by atoms with Crippen molar-refractivity contribution >= 4 is 33.4 Å². The maximum absolute atomic E-state index is 14.1. The smallest absolute Gasteiger partial charge is 0.267 e. The summed E-state index contributed by atoms with van der Waals surface area (Å²) in [5.41, 5.74) is -0.682. The van der Waals surface area contributed by atoms with Crippen LogP contribution in [0.2, 0.25) is 0 Å². The first-order valence-electron chi connectivity index (χ1n) is 13.6. The van der Waals surface area contributed by atoms with Crippen LogP contribution in [0, 0.1) is 5.92 Å². The van der Waals surface area contributed by atoms with Crippen molar-refractivity contribution in [2.45, 2.75) is 82.8 Å². The van der Waals surface area contributed by atoms with E-state index < -0.39 is 33.5 Å². The van der Waals surface area contributed by atoms with Gasteiger partial charge in [0.1, 0.15) is 11.6 Å². The highest BCUT2D eigenvalue weighted by molar-refractivity contribution is 7.89. The van der Waals surface area contributed by atoms with Crippen molar-refractivity contribution in [2.24, 2.45) is 5.92 Å². The summed E-state index contributed by atoms with van der Waals surface area (Å²) < 4.78 is 33.7. The molecule has 0 aromatic heterocycles. The van der Waals surface area contributed by atoms with E-state index in [1.165, 1.54) is 26.2 Å². The third kappa shape index (κ3) is 8.42. The van der Waals surface area contributed by atoms with E-state index in [-0.39, 0.29) is 34.0 Å². The van der Waals surface area contributed by atoms with E-state index >= 15 is 0 Å². The first-order chi connectivity index (χ1) is 18.9. The molecule has 0 bridgehead atoms. The lowest BCUT2D eigenvalue weighted by atomic mass is 9.92. The summed E-state index contributed by atoms with van der Waals surface area (Å²) >= 11 is 5.75. The van der Waals surface area contributed by atoms with Crippen LogP contribution < -0.4 is 15.4 Å². The molecular formula is C29H42ClN3O6S. The Balaban J connectivity index is 2.72. The molecule has 2 amide bonds. The molecule has 9 nitrogen and oxygen atoms in total. The number of carbonyl (C=O) groups is 2. The molecule has 0 radical (unpaired) electrons. The van der Waals surface area contributed by atoms with Crippen molar-refractivity contribution in [2.75, 3.05) is 13.0 Å². The summed E-state index contributed by atoms with van der Waals surface area (Å²) in [6.45, 7) is 7.40. The Morgan fingerprint density at radius 1 is 1.10 bits per heavy atom. The third-order valence-electron chi connectivity index (χ3n) is 7.04. The molecule has 0 spiro atoms. The number of alkyl halides is 1. The van der Waals surface area contributed by atoms with Gasteiger partial charge < -0.3 is 15.4 Å². The Morgan fingerprint density at radius 3 is 2.35 bits per heavy atom. The molecule has 222 valence electrons. The van der Waals surface area contributed by atoms with E-state index in [4.69, 9.17) is 16.3 Å². The number of hydrogen-bond donors (Lipinski definition) is 3. The summed E-state index contributed by atoms with van der Waals surface area (Å²) in [4.78, 5) is 25.5. The average molecular weight is 596 g/mol. The third-order valence-corrected chi connectivity index (χ3v) is 8.91. The number of nitrogens with zero attached hydrogens (tertiary/aromatic N) is 1. The van der Waals surface area contributed by atoms with E-state index in [0.29, 0.717) is 23.3 Å². The van der Waals surface area contributed by atoms with Crippen molar-refractivity contribution in [1.29, 1.82) is 0 Å². The SMILES string of the molecule is CCCCc1cc(S(=O)(=O)N(O)[C@](Cc2ccccc2)(NC(=O)C[C@@H](C)CC)[C@@H](C)NC(=O)CCl)ccc1OC. The molecule has 2 aromatic rings. The molecule has 11 heteroatoms. The number of halogens is 1. The largest absolute Gasteiger partial charge is 0.496 e. The quantitative estimate of drug-likeness (QED) is 0.147. The highest BCUT2D eigenvalue weighted by atomic mass is 35.5. The monoisotopic (exact) mass is 595 g/mol. The summed E-state index contributed by atoms with van der Waals surface area (Å²) in [5, 5.41) is 17.2. The van der Waals surface area contributed by atoms with E-state index in [2.05, 4.69) is 10.6 Å². The fourth-order valence-electron chi connectivity index (χ4n) is 4.44. The van der Waals surface area contributed by atoms with Gasteiger partial charge in [-0.25, -0.2) is 8.42 Å². The molecule has 2 aromatic carbocycles. The van der Waals surface area contributed by atoms with Crippen LogP contribution in [0.3, 0.4) is 0 Å². The van der Waals surface area contributed by atoms with Crippen LogP contribution in [0.4, 0.5) is 0 Å². The average Bonchev–Trinajstić information content (AvgIpc) is 2.95. The zero-order valence-electron chi connectivity index (χ0n) is 23.9. The first kappa shape index (κ1) is 33.5. The second kappa shape index (κ2) is 15.4. The van der Waals surface area contributed by atoms with Gasteiger partial charge in [0.05, 0.1) is 18.0 Å². The minimum atomic E-state index is -4.62. The van der Waals surface area contributed by atoms with Gasteiger partial charge >= 0.3 is 0 Å². The Morgan fingerprint density at radius 2 is 1.77 bits per heavy atom. The second-order valence-corrected chi connectivity index (χ2v) is 12.1. The number of carbonyl (C=O) groups excluding carboxylic acids is 2. The van der Waals surface area contributed by atoms with E-state index in [9.17, 15) is 23.2 Å². The lowest BCUT2D eigenvalue weighted by Crippen LogP contribution is -2.71.